The fraction of sp³-hybridized carbons (Fsp3) is 0.333. The van der Waals surface area contributed by atoms with E-state index in [0.717, 1.165) is 11.4 Å². The zero-order valence-corrected chi connectivity index (χ0v) is 18.6. The van der Waals surface area contributed by atoms with Gasteiger partial charge in [-0.15, -0.1) is 0 Å². The molecule has 0 radical (unpaired) electrons. The molecular formula is C21H15F8N5O4. The Balaban J connectivity index is 1.91. The minimum atomic E-state index is -5.96. The fourth-order valence-corrected chi connectivity index (χ4v) is 3.79. The number of nitrogens with one attached hydrogen (secondary N) is 1. The Morgan fingerprint density at radius 2 is 1.66 bits per heavy atom. The molecule has 0 bridgehead atoms. The van der Waals surface area contributed by atoms with Gasteiger partial charge in [-0.05, 0) is 12.1 Å². The van der Waals surface area contributed by atoms with E-state index in [1.165, 1.54) is 11.0 Å². The van der Waals surface area contributed by atoms with Crippen LogP contribution in [0.5, 0.6) is 0 Å². The summed E-state index contributed by atoms with van der Waals surface area (Å²) in [5, 5.41) is 19.8. The summed E-state index contributed by atoms with van der Waals surface area (Å²) in [5.74, 6) is -5.36. The quantitative estimate of drug-likeness (QED) is 0.422. The summed E-state index contributed by atoms with van der Waals surface area (Å²) in [6.07, 6.45) is -13.3. The number of nitrogens with zero attached hydrogens (tertiary/aromatic N) is 4. The molecule has 38 heavy (non-hydrogen) atoms. The highest BCUT2D eigenvalue weighted by molar-refractivity contribution is 5.97. The molecule has 0 spiro atoms. The second kappa shape index (κ2) is 9.46. The normalized spacial score (nSPS) is 18.4. The van der Waals surface area contributed by atoms with Crippen molar-refractivity contribution in [3.05, 3.63) is 58.0 Å². The molecule has 1 aliphatic rings. The molecule has 4 rings (SSSR count). The number of aliphatic hydroxyl groups excluding tert-OH is 2. The van der Waals surface area contributed by atoms with Crippen LogP contribution in [0.25, 0.3) is 16.9 Å². The third-order valence-corrected chi connectivity index (χ3v) is 5.61. The van der Waals surface area contributed by atoms with Gasteiger partial charge in [0.05, 0.1) is 23.8 Å². The highest BCUT2D eigenvalue weighted by Gasteiger charge is 2.57. The van der Waals surface area contributed by atoms with Crippen LogP contribution < -0.4 is 15.6 Å². The first-order valence-corrected chi connectivity index (χ1v) is 10.5. The third kappa shape index (κ3) is 5.10. The van der Waals surface area contributed by atoms with Gasteiger partial charge in [0, 0.05) is 25.4 Å². The lowest BCUT2D eigenvalue weighted by Gasteiger charge is -2.24. The van der Waals surface area contributed by atoms with E-state index in [1.54, 1.807) is 0 Å². The van der Waals surface area contributed by atoms with Crippen LogP contribution in [0.4, 0.5) is 40.9 Å². The smallest absolute Gasteiger partial charge is 0.389 e. The lowest BCUT2D eigenvalue weighted by Crippen LogP contribution is -2.55. The maximum Gasteiger partial charge on any atom is 0.417 e. The van der Waals surface area contributed by atoms with Crippen LogP contribution in [0.2, 0.25) is 0 Å². The lowest BCUT2D eigenvalue weighted by molar-refractivity contribution is -0.255. The van der Waals surface area contributed by atoms with Crippen molar-refractivity contribution in [2.75, 3.05) is 18.0 Å². The van der Waals surface area contributed by atoms with E-state index in [-0.39, 0.29) is 18.9 Å². The number of hydrogen-bond acceptors (Lipinski definition) is 7. The first-order chi connectivity index (χ1) is 17.6. The van der Waals surface area contributed by atoms with Crippen molar-refractivity contribution >= 4 is 22.8 Å². The summed E-state index contributed by atoms with van der Waals surface area (Å²) in [7, 11) is 0. The molecule has 17 heteroatoms. The highest BCUT2D eigenvalue weighted by Crippen LogP contribution is 2.33. The molecule has 0 aromatic carbocycles. The summed E-state index contributed by atoms with van der Waals surface area (Å²) in [4.78, 5) is 34.5. The first kappa shape index (κ1) is 27.2. The molecule has 1 saturated heterocycles. The lowest BCUT2D eigenvalue weighted by atomic mass is 10.1. The van der Waals surface area contributed by atoms with Gasteiger partial charge >= 0.3 is 12.4 Å². The molecule has 3 aromatic rings. The predicted molar refractivity (Wildman–Crippen MR) is 113 cm³/mol. The number of rotatable bonds is 4. The van der Waals surface area contributed by atoms with Crippen molar-refractivity contribution in [3.8, 4) is 5.82 Å². The van der Waals surface area contributed by atoms with E-state index < -0.39 is 76.0 Å². The zero-order valence-electron chi connectivity index (χ0n) is 18.6. The minimum Gasteiger partial charge on any atom is -0.389 e. The van der Waals surface area contributed by atoms with Crippen LogP contribution in [0.1, 0.15) is 10.4 Å². The van der Waals surface area contributed by atoms with Crippen molar-refractivity contribution < 1.29 is 50.1 Å². The van der Waals surface area contributed by atoms with Gasteiger partial charge in [0.2, 0.25) is 11.5 Å². The monoisotopic (exact) mass is 553 g/mol. The van der Waals surface area contributed by atoms with Crippen molar-refractivity contribution in [1.29, 1.82) is 0 Å². The maximum absolute atomic E-state index is 14.6. The van der Waals surface area contributed by atoms with Crippen LogP contribution in [-0.4, -0.2) is 74.3 Å². The van der Waals surface area contributed by atoms with E-state index in [2.05, 4.69) is 9.97 Å². The summed E-state index contributed by atoms with van der Waals surface area (Å²) in [5.41, 5.74) is -3.05. The molecule has 4 heterocycles. The van der Waals surface area contributed by atoms with Crippen LogP contribution in [0.3, 0.4) is 0 Å². The Hall–Kier alpha value is -3.86. The third-order valence-electron chi connectivity index (χ3n) is 5.61. The number of halogens is 8. The Morgan fingerprint density at radius 3 is 2.21 bits per heavy atom. The average Bonchev–Trinajstić information content (AvgIpc) is 3.14. The van der Waals surface area contributed by atoms with E-state index >= 15 is 0 Å². The van der Waals surface area contributed by atoms with Gasteiger partial charge in [-0.1, -0.05) is 0 Å². The Morgan fingerprint density at radius 1 is 1.05 bits per heavy atom. The van der Waals surface area contributed by atoms with Gasteiger partial charge in [-0.3, -0.25) is 14.2 Å². The minimum absolute atomic E-state index is 0.0233. The molecule has 0 aliphatic carbocycles. The molecule has 1 aliphatic heterocycles. The first-order valence-electron chi connectivity index (χ1n) is 10.5. The molecule has 2 atom stereocenters. The van der Waals surface area contributed by atoms with Crippen molar-refractivity contribution in [1.82, 2.24) is 19.9 Å². The summed E-state index contributed by atoms with van der Waals surface area (Å²) >= 11 is 0. The van der Waals surface area contributed by atoms with E-state index in [4.69, 9.17) is 0 Å². The fourth-order valence-electron chi connectivity index (χ4n) is 3.79. The number of pyridine rings is 3. The molecule has 9 nitrogen and oxygen atoms in total. The van der Waals surface area contributed by atoms with Crippen LogP contribution >= 0.6 is 0 Å². The molecule has 204 valence electrons. The maximum atomic E-state index is 14.6. The van der Waals surface area contributed by atoms with Crippen LogP contribution in [0, 0.1) is 11.6 Å². The van der Waals surface area contributed by atoms with E-state index in [9.17, 15) is 54.9 Å². The number of alkyl halides is 6. The van der Waals surface area contributed by atoms with E-state index in [0.29, 0.717) is 23.0 Å². The molecular weight excluding hydrogens is 538 g/mol. The molecule has 3 aromatic heterocycles. The van der Waals surface area contributed by atoms with Gasteiger partial charge in [-0.2, -0.15) is 26.3 Å². The van der Waals surface area contributed by atoms with Gasteiger partial charge in [-0.25, -0.2) is 18.7 Å². The predicted octanol–water partition coefficient (Wildman–Crippen LogP) is 1.82. The average molecular weight is 553 g/mol. The molecule has 1 amide bonds. The van der Waals surface area contributed by atoms with Crippen molar-refractivity contribution in [3.63, 3.8) is 0 Å². The second-order valence-corrected chi connectivity index (χ2v) is 8.27. The molecule has 0 saturated carbocycles. The van der Waals surface area contributed by atoms with E-state index in [1.807, 2.05) is 0 Å². The SMILES string of the molecule is O=C(NC(C(F)(F)F)C(F)(F)F)c1cn(-c2ncc(F)cc2F)c2nc(N3C[C@@H](O)[C@@H](O)C3)ccc2c1=O. The Kier molecular flexibility index (Phi) is 6.77. The highest BCUT2D eigenvalue weighted by atomic mass is 19.4. The number of β-amino-alcohol motifs (C(OH)–C–C–N with tert-alkyl or cyclic N) is 2. The molecule has 1 fully saturated rings. The molecule has 3 N–H and O–H groups in total. The largest absolute Gasteiger partial charge is 0.417 e. The summed E-state index contributed by atoms with van der Waals surface area (Å²) in [6.45, 7) is -0.215. The summed E-state index contributed by atoms with van der Waals surface area (Å²) in [6, 6.07) is -1.79. The standard InChI is InChI=1S/C21H15F8N5O4/c22-8-3-11(23)17(30-4-8)34-5-10(18(38)32-19(20(24,25)26)21(27,28)29)15(37)9-1-2-14(31-16(9)34)33-6-12(35)13(36)7-33/h1-5,12-13,19,35-36H,6-7H2,(H,32,38)/t12-,13+. The number of amides is 1. The molecule has 0 unspecified atom stereocenters. The van der Waals surface area contributed by atoms with Gasteiger partial charge in [0.15, 0.2) is 17.3 Å². The topological polar surface area (TPSA) is 121 Å². The van der Waals surface area contributed by atoms with Crippen molar-refractivity contribution in [2.45, 2.75) is 30.6 Å². The number of aromatic nitrogens is 3. The Labute approximate surface area is 205 Å². The number of carbonyl (C=O) groups excluding carboxylic acids is 1. The number of aliphatic hydroxyl groups is 2. The second-order valence-electron chi connectivity index (χ2n) is 8.27. The Bertz CT molecular complexity index is 1430. The van der Waals surface area contributed by atoms with Gasteiger partial charge in [0.1, 0.15) is 17.2 Å². The van der Waals surface area contributed by atoms with Crippen molar-refractivity contribution in [2.24, 2.45) is 0 Å². The number of anilines is 1. The summed E-state index contributed by atoms with van der Waals surface area (Å²) < 4.78 is 106. The van der Waals surface area contributed by atoms with Crippen LogP contribution in [0.15, 0.2) is 35.4 Å². The number of carbonyl (C=O) groups is 1. The van der Waals surface area contributed by atoms with Gasteiger partial charge < -0.3 is 20.4 Å². The number of fused-ring (bicyclic) bond motifs is 1. The van der Waals surface area contributed by atoms with Gasteiger partial charge in [0.25, 0.3) is 5.91 Å². The zero-order chi connectivity index (χ0) is 28.2. The van der Waals surface area contributed by atoms with Crippen LogP contribution in [-0.2, 0) is 0 Å². The number of hydrogen-bond donors (Lipinski definition) is 3.